The van der Waals surface area contributed by atoms with Gasteiger partial charge in [-0.2, -0.15) is 0 Å². The van der Waals surface area contributed by atoms with Crippen molar-refractivity contribution in [3.05, 3.63) is 47.5 Å². The van der Waals surface area contributed by atoms with E-state index in [4.69, 9.17) is 9.73 Å². The zero-order chi connectivity index (χ0) is 21.9. The average molecular weight is 428 g/mol. The summed E-state index contributed by atoms with van der Waals surface area (Å²) in [5.41, 5.74) is 1.34. The lowest BCUT2D eigenvalue weighted by atomic mass is 10.1. The minimum Gasteiger partial charge on any atom is -0.382 e. The van der Waals surface area contributed by atoms with Gasteiger partial charge in [-0.3, -0.25) is 4.90 Å². The van der Waals surface area contributed by atoms with Gasteiger partial charge in [-0.1, -0.05) is 30.3 Å². The van der Waals surface area contributed by atoms with Crippen molar-refractivity contribution >= 4 is 5.96 Å². The molecule has 31 heavy (non-hydrogen) atoms. The highest BCUT2D eigenvalue weighted by molar-refractivity contribution is 5.79. The van der Waals surface area contributed by atoms with Crippen LogP contribution in [0.15, 0.2) is 35.3 Å². The predicted octanol–water partition coefficient (Wildman–Crippen LogP) is 2.42. The Morgan fingerprint density at radius 1 is 1.16 bits per heavy atom. The molecule has 8 nitrogen and oxygen atoms in total. The molecule has 0 bridgehead atoms. The smallest absolute Gasteiger partial charge is 0.191 e. The van der Waals surface area contributed by atoms with Crippen LogP contribution in [0.5, 0.6) is 0 Å². The summed E-state index contributed by atoms with van der Waals surface area (Å²) in [4.78, 5) is 7.36. The Bertz CT molecular complexity index is 800. The molecule has 3 rings (SSSR count). The minimum atomic E-state index is 0.330. The molecule has 1 unspecified atom stereocenters. The molecule has 1 saturated heterocycles. The maximum Gasteiger partial charge on any atom is 0.191 e. The Kier molecular flexibility index (Phi) is 9.30. The van der Waals surface area contributed by atoms with Crippen LogP contribution in [0.25, 0.3) is 0 Å². The SMILES string of the molecule is CCOCCCNC(=NCc1nnc(C)n1C)NCC(c1ccccc1)N1CCCC1. The van der Waals surface area contributed by atoms with E-state index in [-0.39, 0.29) is 0 Å². The third-order valence-corrected chi connectivity index (χ3v) is 5.75. The van der Waals surface area contributed by atoms with Gasteiger partial charge in [0.1, 0.15) is 12.4 Å². The Labute approximate surface area is 186 Å². The van der Waals surface area contributed by atoms with E-state index in [1.54, 1.807) is 0 Å². The highest BCUT2D eigenvalue weighted by Crippen LogP contribution is 2.24. The largest absolute Gasteiger partial charge is 0.382 e. The van der Waals surface area contributed by atoms with Gasteiger partial charge in [0, 0.05) is 33.4 Å². The van der Waals surface area contributed by atoms with Gasteiger partial charge < -0.3 is 19.9 Å². The lowest BCUT2D eigenvalue weighted by molar-refractivity contribution is 0.145. The summed E-state index contributed by atoms with van der Waals surface area (Å²) < 4.78 is 7.44. The fourth-order valence-corrected chi connectivity index (χ4v) is 3.82. The normalized spacial score (nSPS) is 15.9. The van der Waals surface area contributed by atoms with E-state index in [9.17, 15) is 0 Å². The molecule has 1 atom stereocenters. The first kappa shape index (κ1) is 23.2. The topological polar surface area (TPSA) is 79.6 Å². The summed E-state index contributed by atoms with van der Waals surface area (Å²) in [5.74, 6) is 2.55. The number of ether oxygens (including phenoxy) is 1. The van der Waals surface area contributed by atoms with Crippen LogP contribution >= 0.6 is 0 Å². The van der Waals surface area contributed by atoms with Gasteiger partial charge in [0.2, 0.25) is 0 Å². The number of guanidine groups is 1. The summed E-state index contributed by atoms with van der Waals surface area (Å²) in [6.45, 7) is 9.86. The molecule has 2 heterocycles. The fraction of sp³-hybridized carbons (Fsp3) is 0.609. The molecule has 1 aliphatic heterocycles. The standard InChI is InChI=1S/C23H37N7O/c1-4-31-16-10-13-24-23(26-18-22-28-27-19(2)29(22)3)25-17-21(30-14-8-9-15-30)20-11-6-5-7-12-20/h5-7,11-12,21H,4,8-10,13-18H2,1-3H3,(H2,24,25,26). The highest BCUT2D eigenvalue weighted by Gasteiger charge is 2.23. The molecule has 0 radical (unpaired) electrons. The quantitative estimate of drug-likeness (QED) is 0.326. The molecule has 2 aromatic rings. The minimum absolute atomic E-state index is 0.330. The second-order valence-corrected chi connectivity index (χ2v) is 7.92. The van der Waals surface area contributed by atoms with Crippen LogP contribution in [-0.4, -0.2) is 65.0 Å². The Morgan fingerprint density at radius 2 is 1.94 bits per heavy atom. The Morgan fingerprint density at radius 3 is 2.61 bits per heavy atom. The third-order valence-electron chi connectivity index (χ3n) is 5.75. The van der Waals surface area contributed by atoms with Crippen LogP contribution in [0.4, 0.5) is 0 Å². The number of likely N-dealkylation sites (tertiary alicyclic amines) is 1. The van der Waals surface area contributed by atoms with Gasteiger partial charge in [0.25, 0.3) is 0 Å². The first-order valence-electron chi connectivity index (χ1n) is 11.4. The molecule has 2 N–H and O–H groups in total. The number of benzene rings is 1. The number of hydrogen-bond donors (Lipinski definition) is 2. The van der Waals surface area contributed by atoms with Crippen molar-refractivity contribution in [1.82, 2.24) is 30.3 Å². The molecule has 1 aliphatic rings. The maximum absolute atomic E-state index is 5.46. The van der Waals surface area contributed by atoms with Crippen molar-refractivity contribution in [2.24, 2.45) is 12.0 Å². The van der Waals surface area contributed by atoms with Gasteiger partial charge in [0.05, 0.1) is 6.04 Å². The average Bonchev–Trinajstić information content (AvgIpc) is 3.43. The summed E-state index contributed by atoms with van der Waals surface area (Å²) in [5, 5.41) is 15.4. The molecule has 0 aliphatic carbocycles. The summed E-state index contributed by atoms with van der Waals surface area (Å²) >= 11 is 0. The monoisotopic (exact) mass is 427 g/mol. The van der Waals surface area contributed by atoms with Crippen LogP contribution < -0.4 is 10.6 Å². The maximum atomic E-state index is 5.46. The zero-order valence-corrected chi connectivity index (χ0v) is 19.2. The molecule has 1 aromatic carbocycles. The number of nitrogens with one attached hydrogen (secondary N) is 2. The highest BCUT2D eigenvalue weighted by atomic mass is 16.5. The first-order chi connectivity index (χ1) is 15.2. The summed E-state index contributed by atoms with van der Waals surface area (Å²) in [6, 6.07) is 11.1. The third kappa shape index (κ3) is 7.04. The first-order valence-corrected chi connectivity index (χ1v) is 11.4. The molecule has 1 aromatic heterocycles. The molecule has 8 heteroatoms. The van der Waals surface area contributed by atoms with Crippen molar-refractivity contribution in [1.29, 1.82) is 0 Å². The number of aromatic nitrogens is 3. The summed E-state index contributed by atoms with van der Waals surface area (Å²) in [7, 11) is 1.97. The van der Waals surface area contributed by atoms with Gasteiger partial charge >= 0.3 is 0 Å². The molecule has 0 saturated carbocycles. The number of aryl methyl sites for hydroxylation is 1. The van der Waals surface area contributed by atoms with E-state index in [0.717, 1.165) is 63.4 Å². The predicted molar refractivity (Wildman–Crippen MR) is 124 cm³/mol. The van der Waals surface area contributed by atoms with E-state index in [1.807, 2.05) is 25.5 Å². The number of rotatable bonds is 11. The number of hydrogen-bond acceptors (Lipinski definition) is 5. The van der Waals surface area contributed by atoms with Gasteiger partial charge in [-0.15, -0.1) is 10.2 Å². The fourth-order valence-electron chi connectivity index (χ4n) is 3.82. The molecule has 1 fully saturated rings. The van der Waals surface area contributed by atoms with Crippen molar-refractivity contribution in [2.45, 2.75) is 45.7 Å². The molecule has 0 amide bonds. The van der Waals surface area contributed by atoms with Crippen LogP contribution in [0.2, 0.25) is 0 Å². The van der Waals surface area contributed by atoms with E-state index in [2.05, 4.69) is 56.1 Å². The van der Waals surface area contributed by atoms with Crippen LogP contribution in [-0.2, 0) is 18.3 Å². The van der Waals surface area contributed by atoms with E-state index < -0.39 is 0 Å². The van der Waals surface area contributed by atoms with Gasteiger partial charge in [-0.25, -0.2) is 4.99 Å². The number of aliphatic imine (C=N–C) groups is 1. The second-order valence-electron chi connectivity index (χ2n) is 7.92. The molecule has 170 valence electrons. The van der Waals surface area contributed by atoms with Crippen molar-refractivity contribution in [3.8, 4) is 0 Å². The molecular weight excluding hydrogens is 390 g/mol. The molecule has 0 spiro atoms. The van der Waals surface area contributed by atoms with Crippen LogP contribution in [0, 0.1) is 6.92 Å². The van der Waals surface area contributed by atoms with Crippen molar-refractivity contribution in [2.75, 3.05) is 39.4 Å². The van der Waals surface area contributed by atoms with E-state index in [1.165, 1.54) is 18.4 Å². The Hall–Kier alpha value is -2.45. The van der Waals surface area contributed by atoms with Crippen LogP contribution in [0.1, 0.15) is 49.4 Å². The lowest BCUT2D eigenvalue weighted by Crippen LogP contribution is -2.43. The van der Waals surface area contributed by atoms with Crippen molar-refractivity contribution in [3.63, 3.8) is 0 Å². The Balaban J connectivity index is 1.66. The van der Waals surface area contributed by atoms with Gasteiger partial charge in [-0.05, 0) is 51.8 Å². The van der Waals surface area contributed by atoms with Gasteiger partial charge in [0.15, 0.2) is 11.8 Å². The molecular formula is C23H37N7O. The second kappa shape index (κ2) is 12.4. The lowest BCUT2D eigenvalue weighted by Gasteiger charge is -2.29. The van der Waals surface area contributed by atoms with E-state index >= 15 is 0 Å². The zero-order valence-electron chi connectivity index (χ0n) is 19.2. The van der Waals surface area contributed by atoms with Crippen molar-refractivity contribution < 1.29 is 4.74 Å². The summed E-state index contributed by atoms with van der Waals surface area (Å²) in [6.07, 6.45) is 3.47. The number of nitrogens with zero attached hydrogens (tertiary/aromatic N) is 5. The van der Waals surface area contributed by atoms with E-state index in [0.29, 0.717) is 12.6 Å². The van der Waals surface area contributed by atoms with Crippen LogP contribution in [0.3, 0.4) is 0 Å².